The maximum absolute atomic E-state index is 9.62. The van der Waals surface area contributed by atoms with E-state index in [0.29, 0.717) is 10.5 Å². The summed E-state index contributed by atoms with van der Waals surface area (Å²) in [5.41, 5.74) is -2.95. The fraction of sp³-hybridized carbons (Fsp3) is 1.00. The fourth-order valence-corrected chi connectivity index (χ4v) is 10.4. The summed E-state index contributed by atoms with van der Waals surface area (Å²) in [4.78, 5) is 19.2. The SMILES string of the molecule is CCC(C)S(C(C)CC)=P(O)(O)S. The van der Waals surface area contributed by atoms with Gasteiger partial charge >= 0.3 is 0 Å². The Balaban J connectivity index is 5.00. The first-order chi connectivity index (χ1) is 5.84. The Labute approximate surface area is 89.0 Å². The Bertz CT molecular complexity index is 192. The highest BCUT2D eigenvalue weighted by Gasteiger charge is 2.20. The Kier molecular flexibility index (Phi) is 6.29. The molecule has 13 heavy (non-hydrogen) atoms. The highest BCUT2D eigenvalue weighted by Crippen LogP contribution is 2.50. The van der Waals surface area contributed by atoms with Crippen molar-refractivity contribution in [1.82, 2.24) is 0 Å². The molecule has 0 aliphatic carbocycles. The third-order valence-corrected chi connectivity index (χ3v) is 10.7. The zero-order valence-electron chi connectivity index (χ0n) is 8.77. The third kappa shape index (κ3) is 4.39. The van der Waals surface area contributed by atoms with Crippen LogP contribution in [0.1, 0.15) is 40.5 Å². The van der Waals surface area contributed by atoms with Crippen LogP contribution in [0.5, 0.6) is 0 Å². The minimum Gasteiger partial charge on any atom is -0.341 e. The number of hydrogen-bond acceptors (Lipinski definition) is 0. The van der Waals surface area contributed by atoms with E-state index >= 15 is 0 Å². The molecule has 0 aliphatic rings. The van der Waals surface area contributed by atoms with Crippen molar-refractivity contribution in [2.75, 3.05) is 0 Å². The molecule has 0 fully saturated rings. The van der Waals surface area contributed by atoms with Gasteiger partial charge in [0.25, 0.3) is 0 Å². The molecule has 0 radical (unpaired) electrons. The molecule has 0 bridgehead atoms. The van der Waals surface area contributed by atoms with Gasteiger partial charge in [0.15, 0.2) is 5.69 Å². The molecular formula is C8H21O2PS2. The molecule has 2 nitrogen and oxygen atoms in total. The summed E-state index contributed by atoms with van der Waals surface area (Å²) >= 11 is 3.97. The van der Waals surface area contributed by atoms with E-state index in [1.807, 2.05) is 0 Å². The van der Waals surface area contributed by atoms with Gasteiger partial charge in [0, 0.05) is 10.5 Å². The molecule has 5 heteroatoms. The molecule has 0 amide bonds. The molecule has 82 valence electrons. The van der Waals surface area contributed by atoms with Gasteiger partial charge < -0.3 is 9.79 Å². The monoisotopic (exact) mass is 244 g/mol. The highest BCUT2D eigenvalue weighted by molar-refractivity contribution is 8.66. The lowest BCUT2D eigenvalue weighted by molar-refractivity contribution is 0.501. The predicted molar refractivity (Wildman–Crippen MR) is 67.2 cm³/mol. The summed E-state index contributed by atoms with van der Waals surface area (Å²) in [6.07, 6.45) is 1.97. The molecule has 0 aromatic heterocycles. The summed E-state index contributed by atoms with van der Waals surface area (Å²) in [7, 11) is -0.345. The highest BCUT2D eigenvalue weighted by atomic mass is 32.9. The topological polar surface area (TPSA) is 40.5 Å². The van der Waals surface area contributed by atoms with Gasteiger partial charge in [-0.1, -0.05) is 39.9 Å². The Morgan fingerprint density at radius 2 is 1.46 bits per heavy atom. The van der Waals surface area contributed by atoms with Crippen LogP contribution < -0.4 is 0 Å². The van der Waals surface area contributed by atoms with Crippen molar-refractivity contribution in [3.05, 3.63) is 0 Å². The molecule has 2 unspecified atom stereocenters. The number of thiol groups is 1. The van der Waals surface area contributed by atoms with E-state index in [-0.39, 0.29) is 10.1 Å². The molecule has 0 saturated heterocycles. The van der Waals surface area contributed by atoms with Gasteiger partial charge in [0.05, 0.1) is 0 Å². The number of hydrogen-bond donors (Lipinski definition) is 3. The van der Waals surface area contributed by atoms with Crippen molar-refractivity contribution >= 4 is 28.0 Å². The van der Waals surface area contributed by atoms with Gasteiger partial charge in [-0.3, -0.25) is 0 Å². The Morgan fingerprint density at radius 3 is 1.62 bits per heavy atom. The van der Waals surface area contributed by atoms with Gasteiger partial charge in [-0.05, 0) is 12.8 Å². The van der Waals surface area contributed by atoms with Gasteiger partial charge in [0.1, 0.15) is 0 Å². The summed E-state index contributed by atoms with van der Waals surface area (Å²) in [6.45, 7) is 8.31. The van der Waals surface area contributed by atoms with E-state index in [0.717, 1.165) is 12.8 Å². The quantitative estimate of drug-likeness (QED) is 0.526. The lowest BCUT2D eigenvalue weighted by Gasteiger charge is -2.26. The van der Waals surface area contributed by atoms with E-state index < -0.39 is 5.69 Å². The largest absolute Gasteiger partial charge is 0.341 e. The second kappa shape index (κ2) is 5.82. The molecule has 0 aliphatic heterocycles. The van der Waals surface area contributed by atoms with Crippen LogP contribution in [0.4, 0.5) is 0 Å². The number of rotatable bonds is 4. The van der Waals surface area contributed by atoms with Crippen molar-refractivity contribution in [3.63, 3.8) is 0 Å². The first kappa shape index (κ1) is 14.1. The maximum Gasteiger partial charge on any atom is 0.199 e. The lowest BCUT2D eigenvalue weighted by atomic mass is 10.4. The van der Waals surface area contributed by atoms with Gasteiger partial charge in [0.2, 0.25) is 0 Å². The van der Waals surface area contributed by atoms with Crippen molar-refractivity contribution < 1.29 is 9.79 Å². The molecule has 0 heterocycles. The minimum absolute atomic E-state index is 0.345. The smallest absolute Gasteiger partial charge is 0.199 e. The molecule has 0 saturated carbocycles. The second-order valence-electron chi connectivity index (χ2n) is 3.30. The molecule has 0 rings (SSSR count). The van der Waals surface area contributed by atoms with Crippen molar-refractivity contribution in [1.29, 1.82) is 0 Å². The zero-order chi connectivity index (χ0) is 10.6. The van der Waals surface area contributed by atoms with Crippen LogP contribution in [0.2, 0.25) is 0 Å². The first-order valence-electron chi connectivity index (χ1n) is 4.64. The fourth-order valence-electron chi connectivity index (χ4n) is 1.22. The van der Waals surface area contributed by atoms with Crippen LogP contribution in [0.15, 0.2) is 0 Å². The molecule has 2 N–H and O–H groups in total. The third-order valence-electron chi connectivity index (χ3n) is 2.26. The van der Waals surface area contributed by atoms with E-state index in [1.165, 1.54) is 0 Å². The lowest BCUT2D eigenvalue weighted by Crippen LogP contribution is -2.20. The molecule has 0 spiro atoms. The average molecular weight is 244 g/mol. The molecular weight excluding hydrogens is 223 g/mol. The van der Waals surface area contributed by atoms with E-state index in [9.17, 15) is 9.79 Å². The van der Waals surface area contributed by atoms with Crippen LogP contribution in [-0.2, 0) is 10.1 Å². The van der Waals surface area contributed by atoms with Crippen LogP contribution in [-0.4, -0.2) is 20.3 Å². The van der Waals surface area contributed by atoms with Crippen molar-refractivity contribution in [3.8, 4) is 0 Å². The van der Waals surface area contributed by atoms with Crippen LogP contribution in [0.25, 0.3) is 0 Å². The average Bonchev–Trinajstić information content (AvgIpc) is 2.01. The van der Waals surface area contributed by atoms with E-state index in [1.54, 1.807) is 0 Å². The van der Waals surface area contributed by atoms with Gasteiger partial charge in [-0.15, -0.1) is 10.1 Å². The maximum atomic E-state index is 9.62. The van der Waals surface area contributed by atoms with Gasteiger partial charge in [-0.25, -0.2) is 0 Å². The Hall–Kier alpha value is 1.05. The van der Waals surface area contributed by atoms with Crippen LogP contribution >= 0.6 is 17.9 Å². The molecule has 2 atom stereocenters. The molecule has 0 aromatic rings. The second-order valence-corrected chi connectivity index (χ2v) is 11.9. The van der Waals surface area contributed by atoms with Gasteiger partial charge in [-0.2, -0.15) is 0 Å². The minimum atomic E-state index is -2.95. The van der Waals surface area contributed by atoms with E-state index in [2.05, 4.69) is 39.9 Å². The Morgan fingerprint density at radius 1 is 1.15 bits per heavy atom. The first-order valence-corrected chi connectivity index (χ1v) is 9.44. The normalized spacial score (nSPS) is 19.6. The predicted octanol–water partition coefficient (Wildman–Crippen LogP) is 2.79. The zero-order valence-corrected chi connectivity index (χ0v) is 11.4. The summed E-state index contributed by atoms with van der Waals surface area (Å²) in [5, 5.41) is 0.714. The van der Waals surface area contributed by atoms with Crippen LogP contribution in [0, 0.1) is 0 Å². The summed E-state index contributed by atoms with van der Waals surface area (Å²) in [5.74, 6) is 0. The van der Waals surface area contributed by atoms with E-state index in [4.69, 9.17) is 0 Å². The summed E-state index contributed by atoms with van der Waals surface area (Å²) < 4.78 is 0. The van der Waals surface area contributed by atoms with Crippen LogP contribution in [0.3, 0.4) is 0 Å². The summed E-state index contributed by atoms with van der Waals surface area (Å²) in [6, 6.07) is 0. The molecule has 0 aromatic carbocycles. The standard InChI is InChI=1S/C8H21O2PS2/c1-5-7(3)13(8(4)6-2)11(9,10)12/h7-10,12H,5-6H2,1-4H3. The van der Waals surface area contributed by atoms with Crippen molar-refractivity contribution in [2.45, 2.75) is 51.0 Å². The van der Waals surface area contributed by atoms with Crippen molar-refractivity contribution in [2.24, 2.45) is 0 Å².